The van der Waals surface area contributed by atoms with E-state index in [-0.39, 0.29) is 6.04 Å². The molecule has 0 spiro atoms. The van der Waals surface area contributed by atoms with Crippen molar-refractivity contribution < 1.29 is 9.84 Å². The Morgan fingerprint density at radius 3 is 2.14 bits per heavy atom. The van der Waals surface area contributed by atoms with Gasteiger partial charge in [-0.25, -0.2) is 0 Å². The summed E-state index contributed by atoms with van der Waals surface area (Å²) >= 11 is 0. The molecule has 1 N–H and O–H groups in total. The minimum absolute atomic E-state index is 0.286. The third-order valence-electron chi connectivity index (χ3n) is 5.76. The average Bonchev–Trinajstić information content (AvgIpc) is 2.81. The number of pyridine rings is 2. The molecule has 0 bridgehead atoms. The number of nitrogens with zero attached hydrogens (tertiary/aromatic N) is 3. The zero-order valence-corrected chi connectivity index (χ0v) is 16.7. The molecule has 1 aliphatic rings. The second-order valence-electron chi connectivity index (χ2n) is 7.53. The van der Waals surface area contributed by atoms with Crippen molar-refractivity contribution in [2.24, 2.45) is 0 Å². The SMILES string of the molecule is COc1cccc(C(N2CCCCC2)C(O)(c2cccnc2)c2cccnc2)c1. The van der Waals surface area contributed by atoms with Crippen molar-refractivity contribution in [2.75, 3.05) is 20.2 Å². The molecule has 1 atom stereocenters. The summed E-state index contributed by atoms with van der Waals surface area (Å²) in [5.74, 6) is 0.782. The van der Waals surface area contributed by atoms with E-state index >= 15 is 0 Å². The minimum Gasteiger partial charge on any atom is -0.497 e. The van der Waals surface area contributed by atoms with Crippen molar-refractivity contribution in [3.63, 3.8) is 0 Å². The summed E-state index contributed by atoms with van der Waals surface area (Å²) in [6.45, 7) is 1.87. The molecule has 0 aliphatic carbocycles. The molecule has 1 unspecified atom stereocenters. The van der Waals surface area contributed by atoms with Crippen LogP contribution in [-0.2, 0) is 5.60 Å². The lowest BCUT2D eigenvalue weighted by atomic mass is 9.77. The van der Waals surface area contributed by atoms with Crippen LogP contribution in [0.3, 0.4) is 0 Å². The molecule has 1 saturated heterocycles. The largest absolute Gasteiger partial charge is 0.497 e. The van der Waals surface area contributed by atoms with Crippen LogP contribution >= 0.6 is 0 Å². The summed E-state index contributed by atoms with van der Waals surface area (Å²) in [6.07, 6.45) is 10.4. The fourth-order valence-corrected chi connectivity index (χ4v) is 4.36. The number of aliphatic hydroxyl groups is 1. The normalized spacial score (nSPS) is 16.3. The van der Waals surface area contributed by atoms with Gasteiger partial charge in [0.15, 0.2) is 0 Å². The highest BCUT2D eigenvalue weighted by Crippen LogP contribution is 2.45. The van der Waals surface area contributed by atoms with Gasteiger partial charge in [-0.3, -0.25) is 14.9 Å². The van der Waals surface area contributed by atoms with E-state index in [2.05, 4.69) is 20.9 Å². The van der Waals surface area contributed by atoms with Gasteiger partial charge in [0.2, 0.25) is 0 Å². The Morgan fingerprint density at radius 2 is 1.59 bits per heavy atom. The molecule has 2 aromatic heterocycles. The number of piperidine rings is 1. The van der Waals surface area contributed by atoms with E-state index in [9.17, 15) is 5.11 Å². The van der Waals surface area contributed by atoms with Crippen molar-refractivity contribution in [1.82, 2.24) is 14.9 Å². The number of methoxy groups -OCH3 is 1. The Balaban J connectivity index is 1.93. The Morgan fingerprint density at radius 1 is 0.931 bits per heavy atom. The van der Waals surface area contributed by atoms with Gasteiger partial charge < -0.3 is 9.84 Å². The fraction of sp³-hybridized carbons (Fsp3) is 0.333. The summed E-state index contributed by atoms with van der Waals surface area (Å²) < 4.78 is 5.49. The highest BCUT2D eigenvalue weighted by Gasteiger charge is 2.45. The summed E-state index contributed by atoms with van der Waals surface area (Å²) in [7, 11) is 1.67. The van der Waals surface area contributed by atoms with Gasteiger partial charge in [0.1, 0.15) is 11.4 Å². The topological polar surface area (TPSA) is 58.5 Å². The highest BCUT2D eigenvalue weighted by atomic mass is 16.5. The maximum atomic E-state index is 12.4. The lowest BCUT2D eigenvalue weighted by molar-refractivity contribution is -0.0304. The molecule has 3 heterocycles. The molecule has 1 aromatic carbocycles. The Bertz CT molecular complexity index is 872. The predicted octanol–water partition coefficient (Wildman–Crippen LogP) is 3.95. The van der Waals surface area contributed by atoms with Crippen molar-refractivity contribution in [3.8, 4) is 5.75 Å². The van der Waals surface area contributed by atoms with Gasteiger partial charge in [-0.2, -0.15) is 0 Å². The number of aromatic nitrogens is 2. The van der Waals surface area contributed by atoms with Crippen LogP contribution in [0.4, 0.5) is 0 Å². The molecule has 0 amide bonds. The standard InChI is InChI=1S/C24H27N3O2/c1-29-22-11-5-8-19(16-22)23(27-14-3-2-4-15-27)24(28,20-9-6-12-25-17-20)21-10-7-13-26-18-21/h5-13,16-18,23,28H,2-4,14-15H2,1H3. The summed E-state index contributed by atoms with van der Waals surface area (Å²) in [6, 6.07) is 15.4. The molecule has 1 fully saturated rings. The van der Waals surface area contributed by atoms with Crippen LogP contribution in [-0.4, -0.2) is 40.2 Å². The third kappa shape index (κ3) is 3.88. The van der Waals surface area contributed by atoms with Crippen molar-refractivity contribution in [3.05, 3.63) is 90.0 Å². The molecular weight excluding hydrogens is 362 g/mol. The summed E-state index contributed by atoms with van der Waals surface area (Å²) in [4.78, 5) is 11.0. The zero-order chi connectivity index (χ0) is 20.1. The predicted molar refractivity (Wildman–Crippen MR) is 113 cm³/mol. The Labute approximate surface area is 172 Å². The molecule has 3 aromatic rings. The second kappa shape index (κ2) is 8.72. The zero-order valence-electron chi connectivity index (χ0n) is 16.7. The molecule has 5 nitrogen and oxygen atoms in total. The number of benzene rings is 1. The number of rotatable bonds is 6. The van der Waals surface area contributed by atoms with Gasteiger partial charge in [0, 0.05) is 35.9 Å². The van der Waals surface area contributed by atoms with E-state index < -0.39 is 5.60 Å². The number of hydrogen-bond donors (Lipinski definition) is 1. The maximum absolute atomic E-state index is 12.4. The van der Waals surface area contributed by atoms with Crippen LogP contribution < -0.4 is 4.74 Å². The molecule has 150 valence electrons. The lowest BCUT2D eigenvalue weighted by Gasteiger charge is -2.45. The van der Waals surface area contributed by atoms with Crippen LogP contribution in [0, 0.1) is 0 Å². The van der Waals surface area contributed by atoms with Crippen molar-refractivity contribution in [2.45, 2.75) is 30.9 Å². The van der Waals surface area contributed by atoms with Crippen LogP contribution in [0.15, 0.2) is 73.3 Å². The lowest BCUT2D eigenvalue weighted by Crippen LogP contribution is -2.47. The highest BCUT2D eigenvalue weighted by molar-refractivity contribution is 5.41. The molecule has 5 heteroatoms. The second-order valence-corrected chi connectivity index (χ2v) is 7.53. The first-order chi connectivity index (χ1) is 14.2. The Hall–Kier alpha value is -2.76. The van der Waals surface area contributed by atoms with E-state index in [0.29, 0.717) is 0 Å². The van der Waals surface area contributed by atoms with E-state index in [1.165, 1.54) is 6.42 Å². The van der Waals surface area contributed by atoms with Crippen LogP contribution in [0.1, 0.15) is 42.0 Å². The van der Waals surface area contributed by atoms with Gasteiger partial charge in [-0.05, 0) is 55.8 Å². The Kier molecular flexibility index (Phi) is 5.88. The van der Waals surface area contributed by atoms with E-state index in [1.54, 1.807) is 31.9 Å². The van der Waals surface area contributed by atoms with Gasteiger partial charge >= 0.3 is 0 Å². The van der Waals surface area contributed by atoms with Crippen molar-refractivity contribution in [1.29, 1.82) is 0 Å². The molecule has 4 rings (SSSR count). The third-order valence-corrected chi connectivity index (χ3v) is 5.76. The summed E-state index contributed by atoms with van der Waals surface area (Å²) in [5, 5.41) is 12.4. The van der Waals surface area contributed by atoms with E-state index in [4.69, 9.17) is 4.74 Å². The quantitative estimate of drug-likeness (QED) is 0.692. The van der Waals surface area contributed by atoms with E-state index in [1.807, 2.05) is 42.5 Å². The van der Waals surface area contributed by atoms with Crippen LogP contribution in [0.2, 0.25) is 0 Å². The monoisotopic (exact) mass is 389 g/mol. The fourth-order valence-electron chi connectivity index (χ4n) is 4.36. The first-order valence-electron chi connectivity index (χ1n) is 10.1. The average molecular weight is 389 g/mol. The molecule has 0 saturated carbocycles. The van der Waals surface area contributed by atoms with E-state index in [0.717, 1.165) is 48.4 Å². The van der Waals surface area contributed by atoms with Gasteiger partial charge in [-0.1, -0.05) is 30.7 Å². The van der Waals surface area contributed by atoms with Gasteiger partial charge in [0.25, 0.3) is 0 Å². The number of ether oxygens (including phenoxy) is 1. The first kappa shape index (κ1) is 19.6. The maximum Gasteiger partial charge on any atom is 0.137 e. The minimum atomic E-state index is -1.30. The molecular formula is C24H27N3O2. The van der Waals surface area contributed by atoms with Crippen molar-refractivity contribution >= 4 is 0 Å². The smallest absolute Gasteiger partial charge is 0.137 e. The number of likely N-dealkylation sites (tertiary alicyclic amines) is 1. The van der Waals surface area contributed by atoms with Gasteiger partial charge in [0.05, 0.1) is 13.2 Å². The van der Waals surface area contributed by atoms with Gasteiger partial charge in [-0.15, -0.1) is 0 Å². The summed E-state index contributed by atoms with van der Waals surface area (Å²) in [5.41, 5.74) is 1.23. The molecule has 0 radical (unpaired) electrons. The van der Waals surface area contributed by atoms with Crippen LogP contribution in [0.25, 0.3) is 0 Å². The van der Waals surface area contributed by atoms with Crippen LogP contribution in [0.5, 0.6) is 5.75 Å². The molecule has 1 aliphatic heterocycles. The molecule has 29 heavy (non-hydrogen) atoms. The first-order valence-corrected chi connectivity index (χ1v) is 10.1. The number of hydrogen-bond acceptors (Lipinski definition) is 5.